The molecule has 0 fully saturated rings. The highest BCUT2D eigenvalue weighted by Gasteiger charge is 2.42. The van der Waals surface area contributed by atoms with Crippen LogP contribution in [-0.4, -0.2) is 39.7 Å². The Bertz CT molecular complexity index is 1560. The van der Waals surface area contributed by atoms with E-state index in [0.717, 1.165) is 26.9 Å². The van der Waals surface area contributed by atoms with Crippen molar-refractivity contribution in [2.24, 2.45) is 0 Å². The summed E-state index contributed by atoms with van der Waals surface area (Å²) in [5.41, 5.74) is 5.24. The van der Waals surface area contributed by atoms with E-state index in [2.05, 4.69) is 21.2 Å². The molecule has 0 saturated carbocycles. The zero-order valence-electron chi connectivity index (χ0n) is 24.2. The van der Waals surface area contributed by atoms with Gasteiger partial charge in [-0.05, 0) is 60.7 Å². The number of ketones is 1. The molecule has 1 heterocycles. The van der Waals surface area contributed by atoms with Gasteiger partial charge in [0.1, 0.15) is 5.75 Å². The molecule has 0 spiro atoms. The standard InChI is InChI=1S/C34H34BrNO6/c1-20-31(34(38)42-15-14-21-8-6-5-7-9-21)32(25-19-24(35)11-13-28(25)39-2)33-26(36-20)16-23(17-27(33)37)22-10-12-29(40-3)30(18-22)41-4/h5-13,18-19,23,32,36H,14-17H2,1-4H3/t23-,32+/m0/s1. The minimum atomic E-state index is -0.642. The van der Waals surface area contributed by atoms with E-state index in [-0.39, 0.29) is 24.7 Å². The van der Waals surface area contributed by atoms with Crippen LogP contribution in [0, 0.1) is 0 Å². The van der Waals surface area contributed by atoms with Crippen LogP contribution in [0.25, 0.3) is 0 Å². The van der Waals surface area contributed by atoms with Crippen molar-refractivity contribution < 1.29 is 28.5 Å². The number of benzene rings is 3. The van der Waals surface area contributed by atoms with Crippen molar-refractivity contribution in [2.75, 3.05) is 27.9 Å². The Balaban J connectivity index is 1.51. The lowest BCUT2D eigenvalue weighted by atomic mass is 9.71. The van der Waals surface area contributed by atoms with E-state index in [1.165, 1.54) is 0 Å². The number of nitrogens with one attached hydrogen (secondary N) is 1. The van der Waals surface area contributed by atoms with Gasteiger partial charge in [-0.1, -0.05) is 52.3 Å². The first-order chi connectivity index (χ1) is 20.3. The van der Waals surface area contributed by atoms with Gasteiger partial charge in [-0.15, -0.1) is 0 Å². The summed E-state index contributed by atoms with van der Waals surface area (Å²) in [7, 11) is 4.79. The van der Waals surface area contributed by atoms with E-state index in [1.807, 2.05) is 73.7 Å². The maximum Gasteiger partial charge on any atom is 0.336 e. The van der Waals surface area contributed by atoms with E-state index in [9.17, 15) is 9.59 Å². The van der Waals surface area contributed by atoms with Crippen molar-refractivity contribution in [3.05, 3.63) is 110 Å². The van der Waals surface area contributed by atoms with Gasteiger partial charge in [0.2, 0.25) is 0 Å². The number of dihydropyridines is 1. The first-order valence-corrected chi connectivity index (χ1v) is 14.6. The molecule has 0 radical (unpaired) electrons. The predicted molar refractivity (Wildman–Crippen MR) is 164 cm³/mol. The van der Waals surface area contributed by atoms with Gasteiger partial charge in [0.05, 0.1) is 39.4 Å². The zero-order chi connectivity index (χ0) is 29.8. The van der Waals surface area contributed by atoms with Crippen molar-refractivity contribution in [3.63, 3.8) is 0 Å². The molecule has 3 aromatic carbocycles. The van der Waals surface area contributed by atoms with Crippen LogP contribution in [0.5, 0.6) is 17.2 Å². The van der Waals surface area contributed by atoms with Gasteiger partial charge in [-0.3, -0.25) is 4.79 Å². The number of hydrogen-bond donors (Lipinski definition) is 1. The molecule has 0 amide bonds. The molecule has 42 heavy (non-hydrogen) atoms. The number of hydrogen-bond acceptors (Lipinski definition) is 7. The number of ether oxygens (including phenoxy) is 4. The summed E-state index contributed by atoms with van der Waals surface area (Å²) in [6.07, 6.45) is 1.48. The molecule has 0 aromatic heterocycles. The average Bonchev–Trinajstić information content (AvgIpc) is 3.00. The number of rotatable bonds is 9. The molecule has 1 aliphatic heterocycles. The SMILES string of the molecule is COc1ccc([C@@H]2CC(=O)C3=C(C2)NC(C)=C(C(=O)OCCc2ccccc2)[C@H]3c2cc(Br)ccc2OC)cc1OC. The van der Waals surface area contributed by atoms with Crippen molar-refractivity contribution in [1.29, 1.82) is 0 Å². The Labute approximate surface area is 254 Å². The van der Waals surface area contributed by atoms with Crippen molar-refractivity contribution >= 4 is 27.7 Å². The second-order valence-corrected chi connectivity index (χ2v) is 11.3. The summed E-state index contributed by atoms with van der Waals surface area (Å²) in [6, 6.07) is 21.3. The molecule has 218 valence electrons. The maximum atomic E-state index is 14.1. The summed E-state index contributed by atoms with van der Waals surface area (Å²) < 4.78 is 23.3. The lowest BCUT2D eigenvalue weighted by Crippen LogP contribution is -2.36. The first-order valence-electron chi connectivity index (χ1n) is 13.8. The Morgan fingerprint density at radius 3 is 2.33 bits per heavy atom. The van der Waals surface area contributed by atoms with Gasteiger partial charge in [0.25, 0.3) is 0 Å². The highest BCUT2D eigenvalue weighted by molar-refractivity contribution is 9.10. The molecule has 1 aliphatic carbocycles. The first kappa shape index (κ1) is 29.5. The summed E-state index contributed by atoms with van der Waals surface area (Å²) in [6.45, 7) is 2.09. The summed E-state index contributed by atoms with van der Waals surface area (Å²) >= 11 is 3.57. The molecule has 2 atom stereocenters. The molecule has 0 saturated heterocycles. The molecule has 8 heteroatoms. The number of carbonyl (C=O) groups is 2. The quantitative estimate of drug-likeness (QED) is 0.266. The van der Waals surface area contributed by atoms with E-state index in [1.54, 1.807) is 21.3 Å². The van der Waals surface area contributed by atoms with Crippen LogP contribution >= 0.6 is 15.9 Å². The van der Waals surface area contributed by atoms with Crippen LogP contribution in [0.1, 0.15) is 48.3 Å². The molecule has 2 aliphatic rings. The third kappa shape index (κ3) is 5.95. The van der Waals surface area contributed by atoms with E-state index in [4.69, 9.17) is 18.9 Å². The molecule has 7 nitrogen and oxygen atoms in total. The summed E-state index contributed by atoms with van der Waals surface area (Å²) in [5.74, 6) is 0.649. The number of esters is 1. The number of allylic oxidation sites excluding steroid dienone is 3. The summed E-state index contributed by atoms with van der Waals surface area (Å²) in [4.78, 5) is 27.8. The number of carbonyl (C=O) groups excluding carboxylic acids is 2. The smallest absolute Gasteiger partial charge is 0.336 e. The van der Waals surface area contributed by atoms with E-state index in [0.29, 0.717) is 46.9 Å². The normalized spacial score (nSPS) is 18.3. The molecule has 0 unspecified atom stereocenters. The minimum Gasteiger partial charge on any atom is -0.496 e. The van der Waals surface area contributed by atoms with Crippen molar-refractivity contribution in [3.8, 4) is 17.2 Å². The van der Waals surface area contributed by atoms with Crippen LogP contribution in [0.2, 0.25) is 0 Å². The van der Waals surface area contributed by atoms with Crippen LogP contribution in [0.3, 0.4) is 0 Å². The fourth-order valence-corrected chi connectivity index (χ4v) is 6.26. The number of Topliss-reactive ketones (excluding diaryl/α,β-unsaturated/α-hetero) is 1. The monoisotopic (exact) mass is 631 g/mol. The van der Waals surface area contributed by atoms with Gasteiger partial charge < -0.3 is 24.3 Å². The van der Waals surface area contributed by atoms with Gasteiger partial charge >= 0.3 is 5.97 Å². The Hall–Kier alpha value is -4.04. The number of halogens is 1. The number of methoxy groups -OCH3 is 3. The molecular formula is C34H34BrNO6. The maximum absolute atomic E-state index is 14.1. The second-order valence-electron chi connectivity index (χ2n) is 10.4. The minimum absolute atomic E-state index is 0.0300. The second kappa shape index (κ2) is 12.9. The zero-order valence-corrected chi connectivity index (χ0v) is 25.7. The highest BCUT2D eigenvalue weighted by Crippen LogP contribution is 2.48. The Morgan fingerprint density at radius 1 is 0.905 bits per heavy atom. The molecular weight excluding hydrogens is 598 g/mol. The van der Waals surface area contributed by atoms with Gasteiger partial charge in [-0.25, -0.2) is 4.79 Å². The lowest BCUT2D eigenvalue weighted by molar-refractivity contribution is -0.139. The van der Waals surface area contributed by atoms with Crippen molar-refractivity contribution in [1.82, 2.24) is 5.32 Å². The predicted octanol–water partition coefficient (Wildman–Crippen LogP) is 6.62. The van der Waals surface area contributed by atoms with E-state index < -0.39 is 11.9 Å². The van der Waals surface area contributed by atoms with E-state index >= 15 is 0 Å². The van der Waals surface area contributed by atoms with Gasteiger partial charge in [0.15, 0.2) is 17.3 Å². The highest BCUT2D eigenvalue weighted by atomic mass is 79.9. The molecule has 5 rings (SSSR count). The molecule has 0 bridgehead atoms. The lowest BCUT2D eigenvalue weighted by Gasteiger charge is -2.37. The van der Waals surface area contributed by atoms with Crippen LogP contribution in [0.15, 0.2) is 93.7 Å². The van der Waals surface area contributed by atoms with Gasteiger partial charge in [0, 0.05) is 39.8 Å². The van der Waals surface area contributed by atoms with Crippen LogP contribution < -0.4 is 19.5 Å². The molecule has 3 aromatic rings. The fraction of sp³-hybridized carbons (Fsp3) is 0.294. The van der Waals surface area contributed by atoms with Gasteiger partial charge in [-0.2, -0.15) is 0 Å². The van der Waals surface area contributed by atoms with Crippen LogP contribution in [-0.2, 0) is 20.7 Å². The summed E-state index contributed by atoms with van der Waals surface area (Å²) in [5, 5.41) is 3.42. The van der Waals surface area contributed by atoms with Crippen LogP contribution in [0.4, 0.5) is 0 Å². The Morgan fingerprint density at radius 2 is 1.62 bits per heavy atom. The topological polar surface area (TPSA) is 83.1 Å². The third-order valence-corrected chi connectivity index (χ3v) is 8.39. The Kier molecular flexibility index (Phi) is 9.02. The van der Waals surface area contributed by atoms with Crippen molar-refractivity contribution in [2.45, 2.75) is 38.0 Å². The molecule has 1 N–H and O–H groups in total. The largest absolute Gasteiger partial charge is 0.496 e. The average molecular weight is 633 g/mol. The third-order valence-electron chi connectivity index (χ3n) is 7.90. The fourth-order valence-electron chi connectivity index (χ4n) is 5.88.